The summed E-state index contributed by atoms with van der Waals surface area (Å²) in [4.78, 5) is 11.8. The number of para-hydroxylation sites is 1. The Bertz CT molecular complexity index is 637. The second-order valence-electron chi connectivity index (χ2n) is 4.64. The van der Waals surface area contributed by atoms with Crippen molar-refractivity contribution in [2.24, 2.45) is 0 Å². The number of hydrogen-bond acceptors (Lipinski definition) is 3. The third kappa shape index (κ3) is 2.73. The van der Waals surface area contributed by atoms with Gasteiger partial charge in [-0.3, -0.25) is 0 Å². The van der Waals surface area contributed by atoms with Gasteiger partial charge in [-0.15, -0.1) is 0 Å². The van der Waals surface area contributed by atoms with Crippen LogP contribution in [-0.4, -0.2) is 21.5 Å². The molecule has 0 saturated heterocycles. The molecule has 0 aliphatic carbocycles. The van der Waals surface area contributed by atoms with Gasteiger partial charge in [-0.1, -0.05) is 18.2 Å². The van der Waals surface area contributed by atoms with E-state index in [0.29, 0.717) is 5.95 Å². The van der Waals surface area contributed by atoms with Crippen molar-refractivity contribution >= 4 is 16.9 Å². The highest BCUT2D eigenvalue weighted by molar-refractivity contribution is 5.80. The lowest BCUT2D eigenvalue weighted by atomic mass is 10.2. The van der Waals surface area contributed by atoms with Gasteiger partial charge in [0.15, 0.2) is 0 Å². The van der Waals surface area contributed by atoms with Crippen molar-refractivity contribution in [1.29, 1.82) is 0 Å². The smallest absolute Gasteiger partial charge is 0.222 e. The number of aryl methyl sites for hydroxylation is 1. The summed E-state index contributed by atoms with van der Waals surface area (Å²) in [5.41, 5.74) is 3.48. The summed E-state index contributed by atoms with van der Waals surface area (Å²) in [7, 11) is 0. The highest BCUT2D eigenvalue weighted by atomic mass is 15.1. The summed E-state index contributed by atoms with van der Waals surface area (Å²) >= 11 is 0. The van der Waals surface area contributed by atoms with Crippen molar-refractivity contribution < 1.29 is 0 Å². The van der Waals surface area contributed by atoms with Gasteiger partial charge >= 0.3 is 0 Å². The van der Waals surface area contributed by atoms with Gasteiger partial charge in [-0.05, 0) is 30.0 Å². The zero-order valence-electron chi connectivity index (χ0n) is 10.9. The quantitative estimate of drug-likeness (QED) is 0.750. The summed E-state index contributed by atoms with van der Waals surface area (Å²) in [5.74, 6) is 0.682. The standard InChI is InChI=1S/C15H16N4/c1-11-9-17-15(18-10-11)16-7-6-13-8-12-4-2-3-5-14(12)19-13/h2-5,8-10,19H,6-7H2,1H3,(H,16,17,18). The molecule has 2 heterocycles. The molecule has 0 spiro atoms. The van der Waals surface area contributed by atoms with Crippen molar-refractivity contribution in [2.75, 3.05) is 11.9 Å². The predicted octanol–water partition coefficient (Wildman–Crippen LogP) is 2.92. The average Bonchev–Trinajstić information content (AvgIpc) is 2.83. The molecule has 0 amide bonds. The van der Waals surface area contributed by atoms with Crippen LogP contribution in [0, 0.1) is 6.92 Å². The van der Waals surface area contributed by atoms with Crippen LogP contribution in [0.4, 0.5) is 5.95 Å². The molecule has 0 fully saturated rings. The fraction of sp³-hybridized carbons (Fsp3) is 0.200. The first-order valence-corrected chi connectivity index (χ1v) is 6.40. The van der Waals surface area contributed by atoms with Gasteiger partial charge in [-0.2, -0.15) is 0 Å². The van der Waals surface area contributed by atoms with Gasteiger partial charge < -0.3 is 10.3 Å². The molecular weight excluding hydrogens is 236 g/mol. The minimum Gasteiger partial charge on any atom is -0.358 e. The monoisotopic (exact) mass is 252 g/mol. The van der Waals surface area contributed by atoms with Crippen LogP contribution in [0.5, 0.6) is 0 Å². The summed E-state index contributed by atoms with van der Waals surface area (Å²) in [5, 5.41) is 4.48. The maximum Gasteiger partial charge on any atom is 0.222 e. The molecule has 2 N–H and O–H groups in total. The zero-order chi connectivity index (χ0) is 13.1. The number of aromatic amines is 1. The number of nitrogens with zero attached hydrogens (tertiary/aromatic N) is 2. The average molecular weight is 252 g/mol. The second-order valence-corrected chi connectivity index (χ2v) is 4.64. The van der Waals surface area contributed by atoms with E-state index in [1.54, 1.807) is 0 Å². The van der Waals surface area contributed by atoms with E-state index in [9.17, 15) is 0 Å². The first-order valence-electron chi connectivity index (χ1n) is 6.40. The molecule has 0 saturated carbocycles. The Morgan fingerprint density at radius 3 is 2.74 bits per heavy atom. The molecular formula is C15H16N4. The number of benzene rings is 1. The van der Waals surface area contributed by atoms with Crippen LogP contribution in [0.1, 0.15) is 11.3 Å². The van der Waals surface area contributed by atoms with Crippen LogP contribution in [0.25, 0.3) is 10.9 Å². The maximum absolute atomic E-state index is 4.22. The molecule has 0 aliphatic rings. The van der Waals surface area contributed by atoms with E-state index < -0.39 is 0 Å². The van der Waals surface area contributed by atoms with E-state index in [2.05, 4.69) is 44.5 Å². The highest BCUT2D eigenvalue weighted by Crippen LogP contribution is 2.14. The summed E-state index contributed by atoms with van der Waals surface area (Å²) < 4.78 is 0. The minimum absolute atomic E-state index is 0.682. The van der Waals surface area contributed by atoms with Gasteiger partial charge in [0.05, 0.1) is 0 Å². The lowest BCUT2D eigenvalue weighted by Crippen LogP contribution is -2.07. The maximum atomic E-state index is 4.22. The Kier molecular flexibility index (Phi) is 3.14. The minimum atomic E-state index is 0.682. The topological polar surface area (TPSA) is 53.6 Å². The lowest BCUT2D eigenvalue weighted by Gasteiger charge is -2.03. The van der Waals surface area contributed by atoms with Crippen molar-refractivity contribution in [1.82, 2.24) is 15.0 Å². The van der Waals surface area contributed by atoms with E-state index in [1.807, 2.05) is 25.4 Å². The van der Waals surface area contributed by atoms with Crippen LogP contribution < -0.4 is 5.32 Å². The number of hydrogen-bond donors (Lipinski definition) is 2. The molecule has 96 valence electrons. The molecule has 19 heavy (non-hydrogen) atoms. The third-order valence-electron chi connectivity index (χ3n) is 3.04. The van der Waals surface area contributed by atoms with Gasteiger partial charge in [0.25, 0.3) is 0 Å². The Hall–Kier alpha value is -2.36. The lowest BCUT2D eigenvalue weighted by molar-refractivity contribution is 0.954. The molecule has 4 heteroatoms. The molecule has 3 rings (SSSR count). The molecule has 0 bridgehead atoms. The number of fused-ring (bicyclic) bond motifs is 1. The van der Waals surface area contributed by atoms with E-state index in [0.717, 1.165) is 18.5 Å². The van der Waals surface area contributed by atoms with Crippen LogP contribution >= 0.6 is 0 Å². The van der Waals surface area contributed by atoms with Gasteiger partial charge in [0, 0.05) is 36.6 Å². The Balaban J connectivity index is 1.61. The first kappa shape index (κ1) is 11.7. The molecule has 0 atom stereocenters. The van der Waals surface area contributed by atoms with Crippen LogP contribution in [-0.2, 0) is 6.42 Å². The summed E-state index contributed by atoms with van der Waals surface area (Å²) in [6.07, 6.45) is 4.56. The van der Waals surface area contributed by atoms with Crippen molar-refractivity contribution in [3.05, 3.63) is 54.0 Å². The van der Waals surface area contributed by atoms with Crippen molar-refractivity contribution in [2.45, 2.75) is 13.3 Å². The zero-order valence-corrected chi connectivity index (χ0v) is 10.9. The molecule has 3 aromatic rings. The summed E-state index contributed by atoms with van der Waals surface area (Å²) in [6.45, 7) is 2.80. The van der Waals surface area contributed by atoms with Crippen molar-refractivity contribution in [3.63, 3.8) is 0 Å². The van der Waals surface area contributed by atoms with Gasteiger partial charge in [0.1, 0.15) is 0 Å². The normalized spacial score (nSPS) is 10.8. The van der Waals surface area contributed by atoms with Gasteiger partial charge in [0.2, 0.25) is 5.95 Å². The van der Waals surface area contributed by atoms with E-state index in [4.69, 9.17) is 0 Å². The van der Waals surface area contributed by atoms with Crippen LogP contribution in [0.3, 0.4) is 0 Å². The Labute approximate surface area is 111 Å². The molecule has 2 aromatic heterocycles. The van der Waals surface area contributed by atoms with Crippen molar-refractivity contribution in [3.8, 4) is 0 Å². The SMILES string of the molecule is Cc1cnc(NCCc2cc3ccccc3[nH]2)nc1. The molecule has 1 aromatic carbocycles. The predicted molar refractivity (Wildman–Crippen MR) is 77.3 cm³/mol. The number of anilines is 1. The van der Waals surface area contributed by atoms with Crippen LogP contribution in [0.2, 0.25) is 0 Å². The fourth-order valence-electron chi connectivity index (χ4n) is 2.06. The number of aromatic nitrogens is 3. The highest BCUT2D eigenvalue weighted by Gasteiger charge is 2.00. The molecule has 0 unspecified atom stereocenters. The van der Waals surface area contributed by atoms with Crippen LogP contribution in [0.15, 0.2) is 42.7 Å². The fourth-order valence-corrected chi connectivity index (χ4v) is 2.06. The first-order chi connectivity index (χ1) is 9.31. The number of H-pyrrole nitrogens is 1. The second kappa shape index (κ2) is 5.10. The van der Waals surface area contributed by atoms with Gasteiger partial charge in [-0.25, -0.2) is 9.97 Å². The largest absolute Gasteiger partial charge is 0.358 e. The molecule has 0 radical (unpaired) electrons. The third-order valence-corrected chi connectivity index (χ3v) is 3.04. The Morgan fingerprint density at radius 2 is 1.95 bits per heavy atom. The van der Waals surface area contributed by atoms with E-state index in [1.165, 1.54) is 16.6 Å². The van der Waals surface area contributed by atoms with E-state index in [-0.39, 0.29) is 0 Å². The molecule has 0 aliphatic heterocycles. The van der Waals surface area contributed by atoms with E-state index >= 15 is 0 Å². The molecule has 4 nitrogen and oxygen atoms in total. The summed E-state index contributed by atoms with van der Waals surface area (Å²) in [6, 6.07) is 10.5. The Morgan fingerprint density at radius 1 is 1.16 bits per heavy atom. The number of nitrogens with one attached hydrogen (secondary N) is 2. The number of rotatable bonds is 4.